The molecule has 1 unspecified atom stereocenters. The number of hydrogen-bond donors (Lipinski definition) is 4. The first-order valence-electron chi connectivity index (χ1n) is 10.2. The number of aliphatic hydroxyl groups is 1. The molecule has 1 aromatic heterocycles. The summed E-state index contributed by atoms with van der Waals surface area (Å²) in [5.41, 5.74) is -3.42. The third-order valence-electron chi connectivity index (χ3n) is 6.35. The average Bonchev–Trinajstić information content (AvgIpc) is 2.73. The van der Waals surface area contributed by atoms with Crippen LogP contribution < -0.4 is 10.9 Å². The minimum Gasteiger partial charge on any atom is -0.505 e. The van der Waals surface area contributed by atoms with Gasteiger partial charge in [0.1, 0.15) is 0 Å². The third-order valence-corrected chi connectivity index (χ3v) is 6.35. The SMILES string of the molecule is CCC1C[C@](O)(C(F)(F)F)[C@@H](Nc2cccc3c(=O)[nH]ccc23)c2cc(C)c(F)c(O)c21. The summed E-state index contributed by atoms with van der Waals surface area (Å²) in [7, 11) is 0. The Hall–Kier alpha value is -3.07. The highest BCUT2D eigenvalue weighted by Crippen LogP contribution is 2.55. The molecular weight excluding hydrogens is 428 g/mol. The van der Waals surface area contributed by atoms with E-state index in [-0.39, 0.29) is 34.2 Å². The quantitative estimate of drug-likeness (QED) is 0.422. The van der Waals surface area contributed by atoms with Crippen molar-refractivity contribution >= 4 is 16.5 Å². The van der Waals surface area contributed by atoms with Gasteiger partial charge in [-0.1, -0.05) is 19.1 Å². The Morgan fingerprint density at radius 1 is 1.25 bits per heavy atom. The summed E-state index contributed by atoms with van der Waals surface area (Å²) in [6, 6.07) is 5.58. The summed E-state index contributed by atoms with van der Waals surface area (Å²) in [5, 5.41) is 24.9. The second-order valence-electron chi connectivity index (χ2n) is 8.24. The molecule has 0 fully saturated rings. The minimum absolute atomic E-state index is 0.0267. The van der Waals surface area contributed by atoms with E-state index < -0.39 is 47.3 Å². The fourth-order valence-corrected chi connectivity index (χ4v) is 4.66. The first-order valence-corrected chi connectivity index (χ1v) is 10.2. The molecule has 0 aliphatic heterocycles. The zero-order chi connectivity index (χ0) is 23.4. The normalized spacial score (nSPS) is 23.2. The largest absolute Gasteiger partial charge is 0.505 e. The molecule has 1 heterocycles. The molecule has 1 aliphatic rings. The number of phenolic OH excluding ortho intramolecular Hbond substituents is 1. The van der Waals surface area contributed by atoms with Gasteiger partial charge in [-0.2, -0.15) is 13.2 Å². The average molecular weight is 450 g/mol. The van der Waals surface area contributed by atoms with Crippen LogP contribution in [0.15, 0.2) is 41.3 Å². The maximum Gasteiger partial charge on any atom is 0.419 e. The first kappa shape index (κ1) is 22.1. The van der Waals surface area contributed by atoms with Crippen LogP contribution in [0.4, 0.5) is 23.2 Å². The van der Waals surface area contributed by atoms with Crippen molar-refractivity contribution in [1.29, 1.82) is 0 Å². The van der Waals surface area contributed by atoms with Crippen molar-refractivity contribution in [3.63, 3.8) is 0 Å². The molecule has 3 atom stereocenters. The lowest BCUT2D eigenvalue weighted by atomic mass is 9.68. The van der Waals surface area contributed by atoms with Gasteiger partial charge in [-0.15, -0.1) is 0 Å². The van der Waals surface area contributed by atoms with Gasteiger partial charge >= 0.3 is 6.18 Å². The molecule has 0 spiro atoms. The highest BCUT2D eigenvalue weighted by atomic mass is 19.4. The van der Waals surface area contributed by atoms with Crippen LogP contribution in [0.1, 0.15) is 48.4 Å². The van der Waals surface area contributed by atoms with E-state index in [0.717, 1.165) is 0 Å². The predicted octanol–water partition coefficient (Wildman–Crippen LogP) is 5.03. The smallest absolute Gasteiger partial charge is 0.419 e. The number of alkyl halides is 3. The molecule has 4 rings (SSSR count). The number of nitrogens with one attached hydrogen (secondary N) is 2. The number of H-pyrrole nitrogens is 1. The second-order valence-corrected chi connectivity index (χ2v) is 8.24. The van der Waals surface area contributed by atoms with Gasteiger partial charge in [-0.25, -0.2) is 4.39 Å². The molecule has 9 heteroatoms. The Balaban J connectivity index is 1.98. The van der Waals surface area contributed by atoms with Gasteiger partial charge in [0.25, 0.3) is 5.56 Å². The van der Waals surface area contributed by atoms with Crippen molar-refractivity contribution < 1.29 is 27.8 Å². The Labute approximate surface area is 180 Å². The van der Waals surface area contributed by atoms with Crippen LogP contribution >= 0.6 is 0 Å². The highest BCUT2D eigenvalue weighted by Gasteiger charge is 2.62. The van der Waals surface area contributed by atoms with Gasteiger partial charge in [0, 0.05) is 28.2 Å². The van der Waals surface area contributed by atoms with Gasteiger partial charge in [-0.3, -0.25) is 4.79 Å². The van der Waals surface area contributed by atoms with Gasteiger partial charge in [0.2, 0.25) is 0 Å². The molecule has 4 N–H and O–H groups in total. The molecule has 32 heavy (non-hydrogen) atoms. The summed E-state index contributed by atoms with van der Waals surface area (Å²) in [5.74, 6) is -2.49. The van der Waals surface area contributed by atoms with Crippen molar-refractivity contribution in [2.24, 2.45) is 0 Å². The van der Waals surface area contributed by atoms with E-state index in [2.05, 4.69) is 10.3 Å². The molecule has 0 bridgehead atoms. The van der Waals surface area contributed by atoms with Crippen LogP contribution in [0.25, 0.3) is 10.8 Å². The lowest BCUT2D eigenvalue weighted by molar-refractivity contribution is -0.272. The van der Waals surface area contributed by atoms with E-state index in [1.807, 2.05) is 0 Å². The lowest BCUT2D eigenvalue weighted by Crippen LogP contribution is -2.55. The van der Waals surface area contributed by atoms with E-state index >= 15 is 0 Å². The number of rotatable bonds is 3. The van der Waals surface area contributed by atoms with Crippen LogP contribution in [-0.4, -0.2) is 27.0 Å². The van der Waals surface area contributed by atoms with Crippen LogP contribution in [-0.2, 0) is 0 Å². The number of aromatic hydroxyl groups is 1. The van der Waals surface area contributed by atoms with Crippen LogP contribution in [0.2, 0.25) is 0 Å². The summed E-state index contributed by atoms with van der Waals surface area (Å²) >= 11 is 0. The number of halogens is 4. The maximum atomic E-state index is 14.5. The Morgan fingerprint density at radius 3 is 2.62 bits per heavy atom. The lowest BCUT2D eigenvalue weighted by Gasteiger charge is -2.46. The molecule has 0 amide bonds. The van der Waals surface area contributed by atoms with Crippen molar-refractivity contribution in [1.82, 2.24) is 4.98 Å². The number of fused-ring (bicyclic) bond motifs is 2. The highest BCUT2D eigenvalue weighted by molar-refractivity contribution is 5.93. The summed E-state index contributed by atoms with van der Waals surface area (Å²) < 4.78 is 57.2. The fourth-order valence-electron chi connectivity index (χ4n) is 4.66. The van der Waals surface area contributed by atoms with E-state index in [0.29, 0.717) is 5.39 Å². The van der Waals surface area contributed by atoms with Crippen molar-refractivity contribution in [2.75, 3.05) is 5.32 Å². The summed E-state index contributed by atoms with van der Waals surface area (Å²) in [4.78, 5) is 14.6. The van der Waals surface area contributed by atoms with Crippen LogP contribution in [0.3, 0.4) is 0 Å². The number of hydrogen-bond acceptors (Lipinski definition) is 4. The van der Waals surface area contributed by atoms with Gasteiger partial charge < -0.3 is 20.5 Å². The van der Waals surface area contributed by atoms with E-state index in [4.69, 9.17) is 0 Å². The van der Waals surface area contributed by atoms with Gasteiger partial charge in [0.15, 0.2) is 17.2 Å². The monoisotopic (exact) mass is 450 g/mol. The standard InChI is InChI=1S/C23H22F4N2O3/c1-3-12-10-22(32,23(25,26)27)20(15-9-11(2)18(24)19(30)17(12)15)29-16-6-4-5-14-13(16)7-8-28-21(14)31/h4-9,12,20,29-30,32H,3,10H2,1-2H3,(H,28,31)/t12?,20-,22+/m0/s1. The molecule has 0 saturated carbocycles. The second kappa shape index (κ2) is 7.51. The van der Waals surface area contributed by atoms with Crippen molar-refractivity contribution in [2.45, 2.75) is 50.4 Å². The third kappa shape index (κ3) is 3.23. The number of anilines is 1. The Kier molecular flexibility index (Phi) is 5.20. The molecular formula is C23H22F4N2O3. The summed E-state index contributed by atoms with van der Waals surface area (Å²) in [6.45, 7) is 2.96. The van der Waals surface area contributed by atoms with Crippen molar-refractivity contribution in [3.8, 4) is 5.75 Å². The number of aromatic amines is 1. The predicted molar refractivity (Wildman–Crippen MR) is 112 cm³/mol. The number of pyridine rings is 1. The number of aromatic nitrogens is 1. The number of aryl methyl sites for hydroxylation is 1. The van der Waals surface area contributed by atoms with Crippen LogP contribution in [0, 0.1) is 12.7 Å². The fraction of sp³-hybridized carbons (Fsp3) is 0.348. The minimum atomic E-state index is -5.02. The Bertz CT molecular complexity index is 1250. The molecule has 0 saturated heterocycles. The van der Waals surface area contributed by atoms with E-state index in [1.165, 1.54) is 43.5 Å². The van der Waals surface area contributed by atoms with E-state index in [9.17, 15) is 32.6 Å². The van der Waals surface area contributed by atoms with Crippen molar-refractivity contribution in [3.05, 3.63) is 69.4 Å². The maximum absolute atomic E-state index is 14.5. The van der Waals surface area contributed by atoms with Crippen LogP contribution in [0.5, 0.6) is 5.75 Å². The first-order chi connectivity index (χ1) is 15.0. The molecule has 0 radical (unpaired) electrons. The molecule has 170 valence electrons. The van der Waals surface area contributed by atoms with Gasteiger partial charge in [0.05, 0.1) is 6.04 Å². The topological polar surface area (TPSA) is 85.4 Å². The van der Waals surface area contributed by atoms with Gasteiger partial charge in [-0.05, 0) is 55.0 Å². The number of benzene rings is 2. The van der Waals surface area contributed by atoms with E-state index in [1.54, 1.807) is 6.92 Å². The number of phenols is 1. The molecule has 1 aliphatic carbocycles. The summed E-state index contributed by atoms with van der Waals surface area (Å²) in [6.07, 6.45) is -4.23. The zero-order valence-corrected chi connectivity index (χ0v) is 17.3. The Morgan fingerprint density at radius 2 is 1.97 bits per heavy atom. The molecule has 2 aromatic carbocycles. The molecule has 5 nitrogen and oxygen atoms in total. The zero-order valence-electron chi connectivity index (χ0n) is 17.3. The molecule has 3 aromatic rings.